The van der Waals surface area contributed by atoms with Crippen molar-refractivity contribution >= 4 is 15.9 Å². The summed E-state index contributed by atoms with van der Waals surface area (Å²) in [5.41, 5.74) is 0.638. The monoisotopic (exact) mass is 255 g/mol. The van der Waals surface area contributed by atoms with E-state index in [0.717, 1.165) is 0 Å². The predicted octanol–water partition coefficient (Wildman–Crippen LogP) is 3.55. The normalized spacial score (nSPS) is 10.5. The SMILES string of the molecule is Cc1cnc(-c2ccc(Br)c(F)c2)o1. The highest BCUT2D eigenvalue weighted by Crippen LogP contribution is 2.23. The standard InChI is InChI=1S/C10H7BrFNO/c1-6-5-13-10(14-6)7-2-3-8(11)9(12)4-7/h2-5H,1H3. The van der Waals surface area contributed by atoms with E-state index in [1.165, 1.54) is 6.07 Å². The summed E-state index contributed by atoms with van der Waals surface area (Å²) in [6, 6.07) is 4.76. The third kappa shape index (κ3) is 1.70. The van der Waals surface area contributed by atoms with Gasteiger partial charge in [0.1, 0.15) is 11.6 Å². The molecule has 0 atom stereocenters. The van der Waals surface area contributed by atoms with Crippen LogP contribution < -0.4 is 0 Å². The largest absolute Gasteiger partial charge is 0.441 e. The van der Waals surface area contributed by atoms with Gasteiger partial charge in [-0.3, -0.25) is 0 Å². The van der Waals surface area contributed by atoms with Gasteiger partial charge in [-0.15, -0.1) is 0 Å². The van der Waals surface area contributed by atoms with Crippen molar-refractivity contribution < 1.29 is 8.81 Å². The van der Waals surface area contributed by atoms with Crippen LogP contribution in [0, 0.1) is 12.7 Å². The Morgan fingerprint density at radius 1 is 1.43 bits per heavy atom. The van der Waals surface area contributed by atoms with E-state index in [0.29, 0.717) is 21.7 Å². The number of aromatic nitrogens is 1. The van der Waals surface area contributed by atoms with Crippen LogP contribution in [0.5, 0.6) is 0 Å². The maximum atomic E-state index is 13.2. The van der Waals surface area contributed by atoms with E-state index >= 15 is 0 Å². The molecule has 0 bridgehead atoms. The summed E-state index contributed by atoms with van der Waals surface area (Å²) in [5.74, 6) is 0.829. The van der Waals surface area contributed by atoms with Crippen molar-refractivity contribution in [3.05, 3.63) is 40.4 Å². The third-order valence-electron chi connectivity index (χ3n) is 1.79. The number of oxazole rings is 1. The molecule has 0 unspecified atom stereocenters. The molecule has 0 aliphatic carbocycles. The van der Waals surface area contributed by atoms with Gasteiger partial charge in [-0.1, -0.05) is 0 Å². The van der Waals surface area contributed by atoms with E-state index in [1.54, 1.807) is 25.3 Å². The van der Waals surface area contributed by atoms with Gasteiger partial charge >= 0.3 is 0 Å². The van der Waals surface area contributed by atoms with Crippen LogP contribution in [-0.2, 0) is 0 Å². The zero-order chi connectivity index (χ0) is 10.1. The average Bonchev–Trinajstić information content (AvgIpc) is 2.57. The molecule has 0 aliphatic heterocycles. The summed E-state index contributed by atoms with van der Waals surface area (Å²) >= 11 is 3.08. The van der Waals surface area contributed by atoms with Gasteiger partial charge < -0.3 is 4.42 Å². The maximum absolute atomic E-state index is 13.2. The van der Waals surface area contributed by atoms with E-state index in [9.17, 15) is 4.39 Å². The Hall–Kier alpha value is -1.16. The van der Waals surface area contributed by atoms with Gasteiger partial charge in [-0.05, 0) is 41.1 Å². The number of halogens is 2. The van der Waals surface area contributed by atoms with Gasteiger partial charge in [0, 0.05) is 5.56 Å². The molecule has 0 aliphatic rings. The van der Waals surface area contributed by atoms with Crippen molar-refractivity contribution in [1.29, 1.82) is 0 Å². The number of hydrogen-bond acceptors (Lipinski definition) is 2. The lowest BCUT2D eigenvalue weighted by Gasteiger charge is -1.97. The van der Waals surface area contributed by atoms with E-state index in [2.05, 4.69) is 20.9 Å². The molecular weight excluding hydrogens is 249 g/mol. The molecule has 72 valence electrons. The Kier molecular flexibility index (Phi) is 2.37. The second-order valence-electron chi connectivity index (χ2n) is 2.90. The van der Waals surface area contributed by atoms with Gasteiger partial charge in [0.15, 0.2) is 0 Å². The van der Waals surface area contributed by atoms with Crippen LogP contribution in [0.15, 0.2) is 33.3 Å². The number of benzene rings is 1. The van der Waals surface area contributed by atoms with Gasteiger partial charge in [0.2, 0.25) is 5.89 Å². The van der Waals surface area contributed by atoms with E-state index in [-0.39, 0.29) is 5.82 Å². The Balaban J connectivity index is 2.47. The molecule has 0 saturated heterocycles. The van der Waals surface area contributed by atoms with Crippen molar-refractivity contribution in [2.24, 2.45) is 0 Å². The van der Waals surface area contributed by atoms with Crippen LogP contribution in [0.25, 0.3) is 11.5 Å². The second kappa shape index (κ2) is 3.53. The summed E-state index contributed by atoms with van der Waals surface area (Å²) in [4.78, 5) is 4.01. The van der Waals surface area contributed by atoms with Gasteiger partial charge in [0.05, 0.1) is 10.7 Å². The molecule has 2 nitrogen and oxygen atoms in total. The Morgan fingerprint density at radius 3 is 2.79 bits per heavy atom. The molecule has 2 aromatic rings. The Labute approximate surface area is 88.9 Å². The highest BCUT2D eigenvalue weighted by atomic mass is 79.9. The van der Waals surface area contributed by atoms with Gasteiger partial charge in [0.25, 0.3) is 0 Å². The molecule has 1 aromatic heterocycles. The van der Waals surface area contributed by atoms with Crippen LogP contribution >= 0.6 is 15.9 Å². The first-order valence-corrected chi connectivity index (χ1v) is 4.84. The van der Waals surface area contributed by atoms with E-state index < -0.39 is 0 Å². The highest BCUT2D eigenvalue weighted by molar-refractivity contribution is 9.10. The van der Waals surface area contributed by atoms with Crippen LogP contribution in [0.1, 0.15) is 5.76 Å². The smallest absolute Gasteiger partial charge is 0.226 e. The zero-order valence-corrected chi connectivity index (χ0v) is 9.01. The first kappa shape index (κ1) is 9.40. The minimum absolute atomic E-state index is 0.321. The van der Waals surface area contributed by atoms with Crippen LogP contribution in [0.3, 0.4) is 0 Å². The molecule has 4 heteroatoms. The first-order valence-electron chi connectivity index (χ1n) is 4.04. The molecular formula is C10H7BrFNO. The average molecular weight is 256 g/mol. The lowest BCUT2D eigenvalue weighted by molar-refractivity contribution is 0.541. The summed E-state index contributed by atoms with van der Waals surface area (Å²) in [5, 5.41) is 0. The molecule has 0 amide bonds. The minimum atomic E-state index is -0.321. The van der Waals surface area contributed by atoms with Gasteiger partial charge in [-0.25, -0.2) is 9.37 Å². The van der Waals surface area contributed by atoms with Crippen LogP contribution in [-0.4, -0.2) is 4.98 Å². The third-order valence-corrected chi connectivity index (χ3v) is 2.43. The maximum Gasteiger partial charge on any atom is 0.226 e. The molecule has 0 radical (unpaired) electrons. The summed E-state index contributed by atoms with van der Waals surface area (Å²) in [6.45, 7) is 1.80. The topological polar surface area (TPSA) is 26.0 Å². The molecule has 0 N–H and O–H groups in total. The molecule has 1 heterocycles. The molecule has 0 spiro atoms. The Morgan fingerprint density at radius 2 is 2.21 bits per heavy atom. The summed E-state index contributed by atoms with van der Waals surface area (Å²) in [6.07, 6.45) is 1.61. The van der Waals surface area contributed by atoms with Crippen molar-refractivity contribution in [3.63, 3.8) is 0 Å². The molecule has 14 heavy (non-hydrogen) atoms. The van der Waals surface area contributed by atoms with Crippen LogP contribution in [0.2, 0.25) is 0 Å². The van der Waals surface area contributed by atoms with Crippen molar-refractivity contribution in [2.75, 3.05) is 0 Å². The fraction of sp³-hybridized carbons (Fsp3) is 0.100. The molecule has 1 aromatic carbocycles. The molecule has 2 rings (SSSR count). The Bertz CT molecular complexity index is 467. The fourth-order valence-corrected chi connectivity index (χ4v) is 1.36. The van der Waals surface area contributed by atoms with E-state index in [4.69, 9.17) is 4.42 Å². The summed E-state index contributed by atoms with van der Waals surface area (Å²) in [7, 11) is 0. The fourth-order valence-electron chi connectivity index (χ4n) is 1.12. The molecule has 0 fully saturated rings. The highest BCUT2D eigenvalue weighted by Gasteiger charge is 2.07. The second-order valence-corrected chi connectivity index (χ2v) is 3.76. The lowest BCUT2D eigenvalue weighted by atomic mass is 10.2. The lowest BCUT2D eigenvalue weighted by Crippen LogP contribution is -1.81. The predicted molar refractivity (Wildman–Crippen MR) is 54.3 cm³/mol. The van der Waals surface area contributed by atoms with Gasteiger partial charge in [-0.2, -0.15) is 0 Å². The zero-order valence-electron chi connectivity index (χ0n) is 7.42. The number of rotatable bonds is 1. The van der Waals surface area contributed by atoms with Crippen molar-refractivity contribution in [3.8, 4) is 11.5 Å². The number of nitrogens with zero attached hydrogens (tertiary/aromatic N) is 1. The van der Waals surface area contributed by atoms with E-state index in [1.807, 2.05) is 0 Å². The minimum Gasteiger partial charge on any atom is -0.441 e. The van der Waals surface area contributed by atoms with Crippen LogP contribution in [0.4, 0.5) is 4.39 Å². The summed E-state index contributed by atoms with van der Waals surface area (Å²) < 4.78 is 18.9. The molecule has 0 saturated carbocycles. The first-order chi connectivity index (χ1) is 6.66. The number of aryl methyl sites for hydroxylation is 1. The van der Waals surface area contributed by atoms with Crippen molar-refractivity contribution in [1.82, 2.24) is 4.98 Å². The quantitative estimate of drug-likeness (QED) is 0.779. The number of hydrogen-bond donors (Lipinski definition) is 0. The van der Waals surface area contributed by atoms with Crippen molar-refractivity contribution in [2.45, 2.75) is 6.92 Å².